The molecule has 0 heterocycles. The SMILES string of the molecule is O=C(CO)Cc1cccc([N+](=O)[O-])c1. The van der Waals surface area contributed by atoms with E-state index in [0.717, 1.165) is 0 Å². The molecular weight excluding hydrogens is 186 g/mol. The number of nitro benzene ring substituents is 1. The number of hydrogen-bond acceptors (Lipinski definition) is 4. The van der Waals surface area contributed by atoms with E-state index in [-0.39, 0.29) is 17.9 Å². The van der Waals surface area contributed by atoms with Crippen molar-refractivity contribution >= 4 is 11.5 Å². The molecule has 1 aromatic rings. The van der Waals surface area contributed by atoms with E-state index < -0.39 is 11.5 Å². The van der Waals surface area contributed by atoms with Gasteiger partial charge in [-0.15, -0.1) is 0 Å². The van der Waals surface area contributed by atoms with Crippen LogP contribution in [0, 0.1) is 10.1 Å². The molecular formula is C9H9NO4. The smallest absolute Gasteiger partial charge is 0.269 e. The summed E-state index contributed by atoms with van der Waals surface area (Å²) in [6, 6.07) is 5.80. The van der Waals surface area contributed by atoms with Crippen molar-refractivity contribution in [3.8, 4) is 0 Å². The van der Waals surface area contributed by atoms with Gasteiger partial charge in [0.2, 0.25) is 0 Å². The van der Waals surface area contributed by atoms with Gasteiger partial charge in [-0.3, -0.25) is 14.9 Å². The highest BCUT2D eigenvalue weighted by atomic mass is 16.6. The number of hydrogen-bond donors (Lipinski definition) is 1. The van der Waals surface area contributed by atoms with Gasteiger partial charge in [-0.2, -0.15) is 0 Å². The number of nitro groups is 1. The van der Waals surface area contributed by atoms with Gasteiger partial charge < -0.3 is 5.11 Å². The summed E-state index contributed by atoms with van der Waals surface area (Å²) in [5, 5.41) is 18.9. The van der Waals surface area contributed by atoms with Crippen LogP contribution in [0.5, 0.6) is 0 Å². The number of carbonyl (C=O) groups is 1. The molecule has 0 radical (unpaired) electrons. The molecule has 1 N–H and O–H groups in total. The Bertz CT molecular complexity index is 362. The van der Waals surface area contributed by atoms with E-state index >= 15 is 0 Å². The Morgan fingerprint density at radius 1 is 1.50 bits per heavy atom. The topological polar surface area (TPSA) is 80.4 Å². The summed E-state index contributed by atoms with van der Waals surface area (Å²) in [5.74, 6) is -0.356. The third-order valence-electron chi connectivity index (χ3n) is 1.70. The van der Waals surface area contributed by atoms with E-state index in [1.165, 1.54) is 18.2 Å². The van der Waals surface area contributed by atoms with Crippen molar-refractivity contribution in [1.29, 1.82) is 0 Å². The lowest BCUT2D eigenvalue weighted by atomic mass is 10.1. The molecule has 5 heteroatoms. The van der Waals surface area contributed by atoms with Gasteiger partial charge in [0.05, 0.1) is 4.92 Å². The number of rotatable bonds is 4. The Kier molecular flexibility index (Phi) is 3.30. The second-order valence-electron chi connectivity index (χ2n) is 2.80. The van der Waals surface area contributed by atoms with Gasteiger partial charge in [-0.1, -0.05) is 12.1 Å². The first-order valence-corrected chi connectivity index (χ1v) is 3.99. The van der Waals surface area contributed by atoms with Crippen LogP contribution in [0.15, 0.2) is 24.3 Å². The van der Waals surface area contributed by atoms with E-state index in [9.17, 15) is 14.9 Å². The highest BCUT2D eigenvalue weighted by Gasteiger charge is 2.07. The van der Waals surface area contributed by atoms with Crippen LogP contribution in [0.3, 0.4) is 0 Å². The minimum atomic E-state index is -0.539. The van der Waals surface area contributed by atoms with Crippen molar-refractivity contribution < 1.29 is 14.8 Å². The first-order valence-electron chi connectivity index (χ1n) is 3.99. The Labute approximate surface area is 80.1 Å². The summed E-state index contributed by atoms with van der Waals surface area (Å²) in [6.45, 7) is -0.539. The fraction of sp³-hybridized carbons (Fsp3) is 0.222. The van der Waals surface area contributed by atoms with Crippen molar-refractivity contribution in [3.05, 3.63) is 39.9 Å². The Balaban J connectivity index is 2.83. The number of Topliss-reactive ketones (excluding diaryl/α,β-unsaturated/α-hetero) is 1. The molecule has 0 unspecified atom stereocenters. The first-order chi connectivity index (χ1) is 6.63. The minimum Gasteiger partial charge on any atom is -0.389 e. The molecule has 1 aromatic carbocycles. The molecule has 0 aromatic heterocycles. The molecule has 0 spiro atoms. The summed E-state index contributed by atoms with van der Waals surface area (Å²) in [4.78, 5) is 20.7. The fourth-order valence-electron chi connectivity index (χ4n) is 1.06. The van der Waals surface area contributed by atoms with Crippen molar-refractivity contribution in [2.75, 3.05) is 6.61 Å². The quantitative estimate of drug-likeness (QED) is 0.566. The normalized spacial score (nSPS) is 9.79. The lowest BCUT2D eigenvalue weighted by Gasteiger charge is -1.98. The third kappa shape index (κ3) is 2.63. The lowest BCUT2D eigenvalue weighted by molar-refractivity contribution is -0.384. The number of ketones is 1. The number of aliphatic hydroxyl groups is 1. The molecule has 0 bridgehead atoms. The molecule has 0 aliphatic heterocycles. The maximum Gasteiger partial charge on any atom is 0.269 e. The van der Waals surface area contributed by atoms with Gasteiger partial charge in [0.25, 0.3) is 5.69 Å². The third-order valence-corrected chi connectivity index (χ3v) is 1.70. The molecule has 74 valence electrons. The molecule has 0 saturated heterocycles. The van der Waals surface area contributed by atoms with Gasteiger partial charge in [0, 0.05) is 18.6 Å². The molecule has 0 aliphatic carbocycles. The van der Waals surface area contributed by atoms with E-state index in [0.29, 0.717) is 5.56 Å². The standard InChI is InChI=1S/C9H9NO4/c11-6-9(12)5-7-2-1-3-8(4-7)10(13)14/h1-4,11H,5-6H2. The van der Waals surface area contributed by atoms with Crippen molar-refractivity contribution in [2.45, 2.75) is 6.42 Å². The molecule has 0 aliphatic rings. The van der Waals surface area contributed by atoms with Crippen molar-refractivity contribution in [2.24, 2.45) is 0 Å². The molecule has 14 heavy (non-hydrogen) atoms. The fourth-order valence-corrected chi connectivity index (χ4v) is 1.06. The van der Waals surface area contributed by atoms with Crippen LogP contribution in [0.2, 0.25) is 0 Å². The summed E-state index contributed by atoms with van der Waals surface area (Å²) >= 11 is 0. The van der Waals surface area contributed by atoms with Crippen LogP contribution in [0.1, 0.15) is 5.56 Å². The van der Waals surface area contributed by atoms with Crippen molar-refractivity contribution in [1.82, 2.24) is 0 Å². The largest absolute Gasteiger partial charge is 0.389 e. The minimum absolute atomic E-state index is 0.0260. The van der Waals surface area contributed by atoms with E-state index in [4.69, 9.17) is 5.11 Å². The molecule has 5 nitrogen and oxygen atoms in total. The molecule has 0 amide bonds. The van der Waals surface area contributed by atoms with E-state index in [1.807, 2.05) is 0 Å². The Morgan fingerprint density at radius 2 is 2.21 bits per heavy atom. The second kappa shape index (κ2) is 4.48. The zero-order chi connectivity index (χ0) is 10.6. The molecule has 0 saturated carbocycles. The van der Waals surface area contributed by atoms with Gasteiger partial charge in [-0.05, 0) is 5.56 Å². The van der Waals surface area contributed by atoms with Crippen LogP contribution in [0.4, 0.5) is 5.69 Å². The van der Waals surface area contributed by atoms with Crippen molar-refractivity contribution in [3.63, 3.8) is 0 Å². The van der Waals surface area contributed by atoms with Gasteiger partial charge >= 0.3 is 0 Å². The van der Waals surface area contributed by atoms with Crippen LogP contribution in [0.25, 0.3) is 0 Å². The predicted molar refractivity (Wildman–Crippen MR) is 48.9 cm³/mol. The molecule has 1 rings (SSSR count). The Morgan fingerprint density at radius 3 is 2.79 bits per heavy atom. The van der Waals surface area contributed by atoms with Gasteiger partial charge in [0.15, 0.2) is 5.78 Å². The van der Waals surface area contributed by atoms with Crippen LogP contribution in [-0.4, -0.2) is 22.4 Å². The van der Waals surface area contributed by atoms with Crippen LogP contribution >= 0.6 is 0 Å². The predicted octanol–water partition coefficient (Wildman–Crippen LogP) is 0.699. The molecule has 0 atom stereocenters. The highest BCUT2D eigenvalue weighted by molar-refractivity contribution is 5.81. The number of non-ortho nitro benzene ring substituents is 1. The zero-order valence-electron chi connectivity index (χ0n) is 7.34. The summed E-state index contributed by atoms with van der Waals surface area (Å²) in [6.07, 6.45) is 0.0260. The highest BCUT2D eigenvalue weighted by Crippen LogP contribution is 2.13. The summed E-state index contributed by atoms with van der Waals surface area (Å²) in [7, 11) is 0. The average Bonchev–Trinajstić information content (AvgIpc) is 2.18. The summed E-state index contributed by atoms with van der Waals surface area (Å²) in [5.41, 5.74) is 0.492. The van der Waals surface area contributed by atoms with E-state index in [1.54, 1.807) is 6.07 Å². The lowest BCUT2D eigenvalue weighted by Crippen LogP contribution is -2.07. The monoisotopic (exact) mass is 195 g/mol. The van der Waals surface area contributed by atoms with Crippen LogP contribution in [-0.2, 0) is 11.2 Å². The van der Waals surface area contributed by atoms with Gasteiger partial charge in [0.1, 0.15) is 6.61 Å². The number of aliphatic hydroxyl groups excluding tert-OH is 1. The summed E-state index contributed by atoms with van der Waals surface area (Å²) < 4.78 is 0. The van der Waals surface area contributed by atoms with Gasteiger partial charge in [-0.25, -0.2) is 0 Å². The first kappa shape index (κ1) is 10.3. The number of benzene rings is 1. The Hall–Kier alpha value is -1.75. The maximum atomic E-state index is 10.8. The number of nitrogens with zero attached hydrogens (tertiary/aromatic N) is 1. The van der Waals surface area contributed by atoms with Crippen LogP contribution < -0.4 is 0 Å². The molecule has 0 fully saturated rings. The van der Waals surface area contributed by atoms with E-state index in [2.05, 4.69) is 0 Å². The average molecular weight is 195 g/mol. The second-order valence-corrected chi connectivity index (χ2v) is 2.80. The number of carbonyl (C=O) groups excluding carboxylic acids is 1. The zero-order valence-corrected chi connectivity index (χ0v) is 7.34. The maximum absolute atomic E-state index is 10.8.